The lowest BCUT2D eigenvalue weighted by molar-refractivity contribution is -0.111. The number of fused-ring (bicyclic) bond motifs is 1. The maximum atomic E-state index is 13.0. The average Bonchev–Trinajstić information content (AvgIpc) is 3.55. The van der Waals surface area contributed by atoms with Crippen molar-refractivity contribution in [2.75, 3.05) is 34.5 Å². The van der Waals surface area contributed by atoms with Gasteiger partial charge in [-0.2, -0.15) is 24.7 Å². The molecule has 0 bridgehead atoms. The first-order valence-corrected chi connectivity index (χ1v) is 13.5. The third kappa shape index (κ3) is 6.52. The number of amides is 2. The first kappa shape index (κ1) is 27.8. The molecule has 4 heterocycles. The number of ether oxygens (including phenoxy) is 1. The van der Waals surface area contributed by atoms with Crippen LogP contribution < -0.4 is 21.3 Å². The highest BCUT2D eigenvalue weighted by atomic mass is 16.5. The Balaban J connectivity index is 1.33. The Labute approximate surface area is 237 Å². The van der Waals surface area contributed by atoms with Crippen molar-refractivity contribution < 1.29 is 14.3 Å². The summed E-state index contributed by atoms with van der Waals surface area (Å²) < 4.78 is 8.66. The van der Waals surface area contributed by atoms with Gasteiger partial charge < -0.3 is 26.0 Å². The van der Waals surface area contributed by atoms with E-state index in [0.29, 0.717) is 43.0 Å². The molecule has 0 aliphatic carbocycles. The molecule has 5 rings (SSSR count). The predicted molar refractivity (Wildman–Crippen MR) is 156 cm³/mol. The van der Waals surface area contributed by atoms with Crippen LogP contribution in [0.15, 0.2) is 49.3 Å². The minimum atomic E-state index is -0.450. The SMILES string of the molecule is C=CC(=O)Nc1cn(C)nc1C(=O)Nc1cccc(CNc2nc(NC3CCOCC3)nc3c(C(C)C)cnn23)c1. The van der Waals surface area contributed by atoms with Crippen LogP contribution in [0.1, 0.15) is 54.2 Å². The summed E-state index contributed by atoms with van der Waals surface area (Å²) in [4.78, 5) is 34.3. The van der Waals surface area contributed by atoms with E-state index in [1.54, 1.807) is 23.8 Å². The van der Waals surface area contributed by atoms with E-state index in [9.17, 15) is 9.59 Å². The first-order valence-electron chi connectivity index (χ1n) is 13.5. The second-order valence-electron chi connectivity index (χ2n) is 10.2. The largest absolute Gasteiger partial charge is 0.381 e. The van der Waals surface area contributed by atoms with Crippen molar-refractivity contribution in [2.45, 2.75) is 45.2 Å². The molecule has 0 spiro atoms. The summed E-state index contributed by atoms with van der Waals surface area (Å²) in [5.41, 5.74) is 3.67. The van der Waals surface area contributed by atoms with Gasteiger partial charge in [-0.15, -0.1) is 0 Å². The summed E-state index contributed by atoms with van der Waals surface area (Å²) in [5.74, 6) is 0.472. The van der Waals surface area contributed by atoms with E-state index < -0.39 is 11.8 Å². The second-order valence-corrected chi connectivity index (χ2v) is 10.2. The summed E-state index contributed by atoms with van der Waals surface area (Å²) in [7, 11) is 1.67. The molecule has 1 saturated heterocycles. The Morgan fingerprint density at radius 2 is 2.00 bits per heavy atom. The van der Waals surface area contributed by atoms with Crippen molar-refractivity contribution in [1.29, 1.82) is 0 Å². The van der Waals surface area contributed by atoms with Crippen LogP contribution in [0, 0.1) is 0 Å². The number of nitrogens with zero attached hydrogens (tertiary/aromatic N) is 6. The topological polar surface area (TPSA) is 152 Å². The van der Waals surface area contributed by atoms with E-state index in [1.807, 2.05) is 24.4 Å². The molecular formula is C28H34N10O3. The fourth-order valence-corrected chi connectivity index (χ4v) is 4.57. The standard InChI is InChI=1S/C28H34N10O3/c1-5-23(39)33-22-16-37(4)36-24(22)26(40)31-20-8-6-7-18(13-20)14-29-28-35-27(32-19-9-11-41-12-10-19)34-25-21(17(2)3)15-30-38(25)28/h5-8,13,15-17,19H,1,9-12,14H2,2-4H3,(H,31,40)(H,33,39)(H2,29,32,34,35). The maximum absolute atomic E-state index is 13.0. The van der Waals surface area contributed by atoms with E-state index in [-0.39, 0.29) is 17.7 Å². The number of aryl methyl sites for hydroxylation is 1. The lowest BCUT2D eigenvalue weighted by Gasteiger charge is -2.23. The summed E-state index contributed by atoms with van der Waals surface area (Å²) in [6.07, 6.45) is 6.31. The summed E-state index contributed by atoms with van der Waals surface area (Å²) in [5, 5.41) is 21.1. The molecule has 214 valence electrons. The van der Waals surface area contributed by atoms with Crippen LogP contribution in [-0.2, 0) is 23.1 Å². The molecule has 4 aromatic rings. The van der Waals surface area contributed by atoms with Crippen LogP contribution in [0.3, 0.4) is 0 Å². The van der Waals surface area contributed by atoms with Crippen LogP contribution in [0.4, 0.5) is 23.3 Å². The highest BCUT2D eigenvalue weighted by Gasteiger charge is 2.20. The minimum absolute atomic E-state index is 0.0961. The highest BCUT2D eigenvalue weighted by molar-refractivity contribution is 6.09. The van der Waals surface area contributed by atoms with Crippen LogP contribution in [0.2, 0.25) is 0 Å². The molecule has 0 unspecified atom stereocenters. The van der Waals surface area contributed by atoms with E-state index in [4.69, 9.17) is 14.7 Å². The third-order valence-electron chi connectivity index (χ3n) is 6.69. The van der Waals surface area contributed by atoms with Gasteiger partial charge in [0.2, 0.25) is 17.8 Å². The van der Waals surface area contributed by atoms with Gasteiger partial charge in [0.15, 0.2) is 11.3 Å². The number of rotatable bonds is 10. The van der Waals surface area contributed by atoms with Crippen molar-refractivity contribution in [3.8, 4) is 0 Å². The second kappa shape index (κ2) is 12.2. The molecular weight excluding hydrogens is 524 g/mol. The van der Waals surface area contributed by atoms with Gasteiger partial charge in [-0.05, 0) is 42.5 Å². The maximum Gasteiger partial charge on any atom is 0.278 e. The molecule has 0 atom stereocenters. The fourth-order valence-electron chi connectivity index (χ4n) is 4.57. The lowest BCUT2D eigenvalue weighted by atomic mass is 10.1. The van der Waals surface area contributed by atoms with Crippen LogP contribution >= 0.6 is 0 Å². The number of hydrogen-bond acceptors (Lipinski definition) is 9. The molecule has 13 heteroatoms. The Kier molecular flexibility index (Phi) is 8.24. The number of nitrogens with one attached hydrogen (secondary N) is 4. The van der Waals surface area contributed by atoms with E-state index >= 15 is 0 Å². The minimum Gasteiger partial charge on any atom is -0.381 e. The van der Waals surface area contributed by atoms with Crippen LogP contribution in [0.25, 0.3) is 5.65 Å². The Hall–Kier alpha value is -4.78. The molecule has 3 aromatic heterocycles. The Morgan fingerprint density at radius 1 is 1.20 bits per heavy atom. The van der Waals surface area contributed by atoms with Crippen molar-refractivity contribution >= 4 is 40.7 Å². The molecule has 13 nitrogen and oxygen atoms in total. The van der Waals surface area contributed by atoms with Gasteiger partial charge in [-0.25, -0.2) is 0 Å². The number of aromatic nitrogens is 6. The van der Waals surface area contributed by atoms with Gasteiger partial charge >= 0.3 is 0 Å². The van der Waals surface area contributed by atoms with E-state index in [2.05, 4.69) is 51.9 Å². The third-order valence-corrected chi connectivity index (χ3v) is 6.69. The number of carbonyl (C=O) groups is 2. The van der Waals surface area contributed by atoms with Gasteiger partial charge in [0, 0.05) is 50.3 Å². The van der Waals surface area contributed by atoms with Gasteiger partial charge in [0.1, 0.15) is 0 Å². The molecule has 41 heavy (non-hydrogen) atoms. The van der Waals surface area contributed by atoms with Gasteiger partial charge in [-0.1, -0.05) is 32.6 Å². The quantitative estimate of drug-likeness (QED) is 0.214. The molecule has 1 aliphatic rings. The Morgan fingerprint density at radius 3 is 2.76 bits per heavy atom. The molecule has 0 radical (unpaired) electrons. The van der Waals surface area contributed by atoms with Crippen molar-refractivity contribution in [3.63, 3.8) is 0 Å². The van der Waals surface area contributed by atoms with Gasteiger partial charge in [0.25, 0.3) is 5.91 Å². The van der Waals surface area contributed by atoms with Crippen molar-refractivity contribution in [1.82, 2.24) is 29.4 Å². The molecule has 1 fully saturated rings. The summed E-state index contributed by atoms with van der Waals surface area (Å²) >= 11 is 0. The number of anilines is 4. The van der Waals surface area contributed by atoms with Gasteiger partial charge in [-0.3, -0.25) is 14.3 Å². The normalized spacial score (nSPS) is 13.8. The van der Waals surface area contributed by atoms with Crippen LogP contribution in [0.5, 0.6) is 0 Å². The number of benzene rings is 1. The van der Waals surface area contributed by atoms with E-state index in [1.165, 1.54) is 4.68 Å². The van der Waals surface area contributed by atoms with Gasteiger partial charge in [0.05, 0.1) is 11.9 Å². The molecule has 4 N–H and O–H groups in total. The molecule has 0 saturated carbocycles. The monoisotopic (exact) mass is 558 g/mol. The number of carbonyl (C=O) groups excluding carboxylic acids is 2. The molecule has 1 aliphatic heterocycles. The summed E-state index contributed by atoms with van der Waals surface area (Å²) in [6, 6.07) is 7.69. The zero-order valence-electron chi connectivity index (χ0n) is 23.3. The zero-order chi connectivity index (χ0) is 28.9. The molecule has 1 aromatic carbocycles. The van der Waals surface area contributed by atoms with Crippen LogP contribution in [-0.4, -0.2) is 60.4 Å². The highest BCUT2D eigenvalue weighted by Crippen LogP contribution is 2.24. The van der Waals surface area contributed by atoms with Crippen molar-refractivity contribution in [2.24, 2.45) is 7.05 Å². The average molecular weight is 559 g/mol. The first-order chi connectivity index (χ1) is 19.8. The number of hydrogen-bond donors (Lipinski definition) is 4. The lowest BCUT2D eigenvalue weighted by Crippen LogP contribution is -2.29. The summed E-state index contributed by atoms with van der Waals surface area (Å²) in [6.45, 7) is 9.52. The van der Waals surface area contributed by atoms with E-state index in [0.717, 1.165) is 35.7 Å². The zero-order valence-corrected chi connectivity index (χ0v) is 23.3. The smallest absolute Gasteiger partial charge is 0.278 e. The fraction of sp³-hybridized carbons (Fsp3) is 0.357. The molecule has 2 amide bonds. The Bertz CT molecular complexity index is 1570. The predicted octanol–water partition coefficient (Wildman–Crippen LogP) is 3.56. The van der Waals surface area contributed by atoms with Crippen molar-refractivity contribution in [3.05, 3.63) is 66.1 Å².